The van der Waals surface area contributed by atoms with Gasteiger partial charge in [0.05, 0.1) is 0 Å². The zero-order valence-corrected chi connectivity index (χ0v) is 13.9. The lowest BCUT2D eigenvalue weighted by molar-refractivity contribution is 0.334. The van der Waals surface area contributed by atoms with Gasteiger partial charge < -0.3 is 5.32 Å². The SMILES string of the molecule is Brc1ccc(CNCCC2CCCCC2)cc1Br. The van der Waals surface area contributed by atoms with Gasteiger partial charge in [-0.25, -0.2) is 0 Å². The van der Waals surface area contributed by atoms with Gasteiger partial charge in [-0.15, -0.1) is 0 Å². The fourth-order valence-electron chi connectivity index (χ4n) is 2.66. The molecule has 3 heteroatoms. The van der Waals surface area contributed by atoms with Crippen LogP contribution in [0.1, 0.15) is 44.1 Å². The molecule has 1 aliphatic rings. The van der Waals surface area contributed by atoms with Crippen LogP contribution in [0.3, 0.4) is 0 Å². The third-order valence-electron chi connectivity index (χ3n) is 3.77. The predicted molar refractivity (Wildman–Crippen MR) is 84.7 cm³/mol. The van der Waals surface area contributed by atoms with E-state index in [1.54, 1.807) is 0 Å². The van der Waals surface area contributed by atoms with Gasteiger partial charge in [0.25, 0.3) is 0 Å². The summed E-state index contributed by atoms with van der Waals surface area (Å²) in [6.07, 6.45) is 8.60. The molecule has 18 heavy (non-hydrogen) atoms. The van der Waals surface area contributed by atoms with Crippen LogP contribution in [-0.4, -0.2) is 6.54 Å². The first-order valence-electron chi connectivity index (χ1n) is 6.90. The molecule has 2 rings (SSSR count). The van der Waals surface area contributed by atoms with Crippen LogP contribution in [0.4, 0.5) is 0 Å². The first-order chi connectivity index (χ1) is 8.75. The molecular formula is C15H21Br2N. The van der Waals surface area contributed by atoms with E-state index in [0.29, 0.717) is 0 Å². The Balaban J connectivity index is 1.66. The molecule has 1 nitrogen and oxygen atoms in total. The van der Waals surface area contributed by atoms with Crippen LogP contribution < -0.4 is 5.32 Å². The molecule has 0 amide bonds. The van der Waals surface area contributed by atoms with Crippen molar-refractivity contribution in [3.05, 3.63) is 32.7 Å². The monoisotopic (exact) mass is 373 g/mol. The van der Waals surface area contributed by atoms with Gasteiger partial charge in [0.2, 0.25) is 0 Å². The summed E-state index contributed by atoms with van der Waals surface area (Å²) in [5.74, 6) is 0.975. The largest absolute Gasteiger partial charge is 0.313 e. The van der Waals surface area contributed by atoms with E-state index >= 15 is 0 Å². The van der Waals surface area contributed by atoms with Gasteiger partial charge in [0.1, 0.15) is 0 Å². The van der Waals surface area contributed by atoms with Crippen molar-refractivity contribution in [2.75, 3.05) is 6.54 Å². The Labute approximate surface area is 127 Å². The van der Waals surface area contributed by atoms with Crippen molar-refractivity contribution in [1.82, 2.24) is 5.32 Å². The third kappa shape index (κ3) is 4.67. The summed E-state index contributed by atoms with van der Waals surface area (Å²) in [6.45, 7) is 2.12. The van der Waals surface area contributed by atoms with Gasteiger partial charge in [-0.2, -0.15) is 0 Å². The van der Waals surface area contributed by atoms with E-state index in [2.05, 4.69) is 55.4 Å². The van der Waals surface area contributed by atoms with Crippen LogP contribution in [0.5, 0.6) is 0 Å². The normalized spacial score (nSPS) is 17.0. The van der Waals surface area contributed by atoms with E-state index in [1.807, 2.05) is 0 Å². The molecule has 0 unspecified atom stereocenters. The van der Waals surface area contributed by atoms with E-state index in [0.717, 1.165) is 28.0 Å². The topological polar surface area (TPSA) is 12.0 Å². The van der Waals surface area contributed by atoms with Crippen molar-refractivity contribution in [2.45, 2.75) is 45.1 Å². The maximum Gasteiger partial charge on any atom is 0.0320 e. The number of hydrogen-bond donors (Lipinski definition) is 1. The number of halogens is 2. The minimum absolute atomic E-state index is 0.971. The van der Waals surface area contributed by atoms with Crippen LogP contribution in [0.25, 0.3) is 0 Å². The fourth-order valence-corrected chi connectivity index (χ4v) is 3.34. The Hall–Kier alpha value is 0.140. The summed E-state index contributed by atoms with van der Waals surface area (Å²) in [6, 6.07) is 6.45. The van der Waals surface area contributed by atoms with E-state index < -0.39 is 0 Å². The Morgan fingerprint density at radius 3 is 2.56 bits per heavy atom. The lowest BCUT2D eigenvalue weighted by Crippen LogP contribution is -2.19. The molecule has 1 N–H and O–H groups in total. The molecule has 0 bridgehead atoms. The predicted octanol–water partition coefficient (Wildman–Crippen LogP) is 5.27. The first kappa shape index (κ1) is 14.5. The average Bonchev–Trinajstić information content (AvgIpc) is 2.40. The molecule has 1 aliphatic carbocycles. The van der Waals surface area contributed by atoms with Crippen molar-refractivity contribution in [1.29, 1.82) is 0 Å². The van der Waals surface area contributed by atoms with Gasteiger partial charge in [0.15, 0.2) is 0 Å². The quantitative estimate of drug-likeness (QED) is 0.692. The lowest BCUT2D eigenvalue weighted by atomic mass is 9.87. The van der Waals surface area contributed by atoms with E-state index in [-0.39, 0.29) is 0 Å². The van der Waals surface area contributed by atoms with Gasteiger partial charge in [-0.3, -0.25) is 0 Å². The number of nitrogens with one attached hydrogen (secondary N) is 1. The standard InChI is InChI=1S/C15H21Br2N/c16-14-7-6-13(10-15(14)17)11-18-9-8-12-4-2-1-3-5-12/h6-7,10,12,18H,1-5,8-9,11H2. The minimum atomic E-state index is 0.971. The smallest absolute Gasteiger partial charge is 0.0320 e. The third-order valence-corrected chi connectivity index (χ3v) is 5.65. The fraction of sp³-hybridized carbons (Fsp3) is 0.600. The van der Waals surface area contributed by atoms with Crippen LogP contribution >= 0.6 is 31.9 Å². The molecule has 1 fully saturated rings. The molecule has 0 heterocycles. The molecule has 0 atom stereocenters. The number of rotatable bonds is 5. The zero-order chi connectivity index (χ0) is 12.8. The molecule has 0 radical (unpaired) electrons. The summed E-state index contributed by atoms with van der Waals surface area (Å²) in [5.41, 5.74) is 1.34. The highest BCUT2D eigenvalue weighted by Gasteiger charge is 2.12. The summed E-state index contributed by atoms with van der Waals surface area (Å²) in [4.78, 5) is 0. The van der Waals surface area contributed by atoms with E-state index in [9.17, 15) is 0 Å². The molecule has 1 saturated carbocycles. The number of hydrogen-bond acceptors (Lipinski definition) is 1. The molecule has 0 spiro atoms. The van der Waals surface area contributed by atoms with Gasteiger partial charge in [0, 0.05) is 15.5 Å². The minimum Gasteiger partial charge on any atom is -0.313 e. The van der Waals surface area contributed by atoms with Crippen molar-refractivity contribution in [3.8, 4) is 0 Å². The van der Waals surface area contributed by atoms with E-state index in [4.69, 9.17) is 0 Å². The highest BCUT2D eigenvalue weighted by molar-refractivity contribution is 9.13. The number of benzene rings is 1. The maximum atomic E-state index is 3.56. The Bertz CT molecular complexity index is 373. The first-order valence-corrected chi connectivity index (χ1v) is 8.49. The second kappa shape index (κ2) is 7.66. The second-order valence-electron chi connectivity index (χ2n) is 5.22. The van der Waals surface area contributed by atoms with Crippen LogP contribution in [0.2, 0.25) is 0 Å². The van der Waals surface area contributed by atoms with Crippen LogP contribution in [0, 0.1) is 5.92 Å². The molecule has 0 saturated heterocycles. The van der Waals surface area contributed by atoms with Gasteiger partial charge in [-0.1, -0.05) is 38.2 Å². The molecular weight excluding hydrogens is 354 g/mol. The molecule has 100 valence electrons. The highest BCUT2D eigenvalue weighted by atomic mass is 79.9. The summed E-state index contributed by atoms with van der Waals surface area (Å²) in [5, 5.41) is 3.56. The maximum absolute atomic E-state index is 3.56. The Kier molecular flexibility index (Phi) is 6.19. The molecule has 0 aliphatic heterocycles. The van der Waals surface area contributed by atoms with Crippen molar-refractivity contribution >= 4 is 31.9 Å². The van der Waals surface area contributed by atoms with E-state index in [1.165, 1.54) is 44.1 Å². The summed E-state index contributed by atoms with van der Waals surface area (Å²) in [7, 11) is 0. The summed E-state index contributed by atoms with van der Waals surface area (Å²) < 4.78 is 2.25. The van der Waals surface area contributed by atoms with Crippen molar-refractivity contribution in [3.63, 3.8) is 0 Å². The lowest BCUT2D eigenvalue weighted by Gasteiger charge is -2.21. The van der Waals surface area contributed by atoms with Crippen molar-refractivity contribution < 1.29 is 0 Å². The average molecular weight is 375 g/mol. The zero-order valence-electron chi connectivity index (χ0n) is 10.7. The molecule has 1 aromatic carbocycles. The van der Waals surface area contributed by atoms with Gasteiger partial charge >= 0.3 is 0 Å². The molecule has 1 aromatic rings. The second-order valence-corrected chi connectivity index (χ2v) is 6.93. The highest BCUT2D eigenvalue weighted by Crippen LogP contribution is 2.26. The van der Waals surface area contributed by atoms with Crippen LogP contribution in [0.15, 0.2) is 27.1 Å². The summed E-state index contributed by atoms with van der Waals surface area (Å²) >= 11 is 7.04. The van der Waals surface area contributed by atoms with Crippen LogP contribution in [-0.2, 0) is 6.54 Å². The Morgan fingerprint density at radius 1 is 1.06 bits per heavy atom. The van der Waals surface area contributed by atoms with Crippen molar-refractivity contribution in [2.24, 2.45) is 5.92 Å². The Morgan fingerprint density at radius 2 is 1.83 bits per heavy atom. The molecule has 0 aromatic heterocycles. The van der Waals surface area contributed by atoms with Gasteiger partial charge in [-0.05, 0) is 68.4 Å².